The molecule has 1 saturated carbocycles. The highest BCUT2D eigenvalue weighted by atomic mass is 32.1. The molecule has 6 rings (SSSR count). The second-order valence-electron chi connectivity index (χ2n) is 9.29. The number of anilines is 3. The van der Waals surface area contributed by atoms with Crippen LogP contribution in [0.3, 0.4) is 0 Å². The first-order valence-corrected chi connectivity index (χ1v) is 12.8. The molecule has 1 aliphatic heterocycles. The van der Waals surface area contributed by atoms with Crippen LogP contribution in [0.2, 0.25) is 0 Å². The molecule has 182 valence electrons. The van der Waals surface area contributed by atoms with E-state index in [1.54, 1.807) is 29.4 Å². The number of para-hydroxylation sites is 1. The van der Waals surface area contributed by atoms with Gasteiger partial charge in [0.25, 0.3) is 5.91 Å². The topological polar surface area (TPSA) is 96.5 Å². The maximum atomic E-state index is 13.4. The highest BCUT2D eigenvalue weighted by molar-refractivity contribution is 7.21. The van der Waals surface area contributed by atoms with E-state index in [9.17, 15) is 9.59 Å². The third kappa shape index (κ3) is 3.85. The number of carbonyl (C=O) groups excluding carboxylic acids is 2. The predicted octanol–water partition coefficient (Wildman–Crippen LogP) is 6.39. The summed E-state index contributed by atoms with van der Waals surface area (Å²) in [5.41, 5.74) is 2.65. The van der Waals surface area contributed by atoms with Gasteiger partial charge >= 0.3 is 6.03 Å². The maximum Gasteiger partial charge on any atom is 0.331 e. The highest BCUT2D eigenvalue weighted by Gasteiger charge is 2.34. The first kappa shape index (κ1) is 22.5. The number of benzene rings is 1. The number of rotatable bonds is 5. The Morgan fingerprint density at radius 3 is 2.75 bits per heavy atom. The molecule has 1 aromatic carbocycles. The van der Waals surface area contributed by atoms with E-state index in [2.05, 4.69) is 27.5 Å². The van der Waals surface area contributed by atoms with Crippen LogP contribution in [-0.2, 0) is 0 Å². The molecule has 1 aliphatic carbocycles. The zero-order valence-electron chi connectivity index (χ0n) is 19.9. The summed E-state index contributed by atoms with van der Waals surface area (Å²) in [5, 5.41) is 6.89. The van der Waals surface area contributed by atoms with Gasteiger partial charge in [-0.15, -0.1) is 11.3 Å². The van der Waals surface area contributed by atoms with Crippen LogP contribution < -0.4 is 20.3 Å². The van der Waals surface area contributed by atoms with Crippen molar-refractivity contribution in [3.63, 3.8) is 0 Å². The van der Waals surface area contributed by atoms with Crippen LogP contribution in [0.15, 0.2) is 54.9 Å². The molecule has 2 aliphatic rings. The number of thiophene rings is 1. The van der Waals surface area contributed by atoms with Gasteiger partial charge in [-0.2, -0.15) is 0 Å². The second-order valence-corrected chi connectivity index (χ2v) is 10.3. The molecule has 2 N–H and O–H groups in total. The van der Waals surface area contributed by atoms with Crippen molar-refractivity contribution in [1.29, 1.82) is 0 Å². The standard InChI is InChI=1S/C27H25N5O3S/c1-15-7-6-10-18(15)30-25(33)24-23-22-19(11-12-28-26(22)36-24)32(27(34)31-23)20-14-29-21(13-16(20)2)35-17-8-4-3-5-9-17/h3-5,8-9,11-15,18H,6-7,10H2,1-2H3,(H,30,33)(H,31,34)/t15-,18+/m0/s1. The van der Waals surface area contributed by atoms with E-state index in [0.29, 0.717) is 44.3 Å². The van der Waals surface area contributed by atoms with Crippen molar-refractivity contribution in [2.75, 3.05) is 10.2 Å². The molecule has 1 fully saturated rings. The van der Waals surface area contributed by atoms with Gasteiger partial charge in [-0.25, -0.2) is 14.8 Å². The molecule has 36 heavy (non-hydrogen) atoms. The fourth-order valence-corrected chi connectivity index (χ4v) is 6.02. The van der Waals surface area contributed by atoms with Crippen LogP contribution in [0.4, 0.5) is 21.9 Å². The molecule has 0 spiro atoms. The van der Waals surface area contributed by atoms with Crippen LogP contribution in [0.1, 0.15) is 41.4 Å². The average Bonchev–Trinajstić information content (AvgIpc) is 3.45. The Kier molecular flexibility index (Phi) is 5.56. The van der Waals surface area contributed by atoms with Gasteiger partial charge in [-0.05, 0) is 49.4 Å². The third-order valence-electron chi connectivity index (χ3n) is 6.89. The number of nitrogens with zero attached hydrogens (tertiary/aromatic N) is 3. The maximum absolute atomic E-state index is 13.4. The number of carbonyl (C=O) groups is 2. The van der Waals surface area contributed by atoms with E-state index < -0.39 is 0 Å². The molecule has 8 nitrogen and oxygen atoms in total. The summed E-state index contributed by atoms with van der Waals surface area (Å²) in [6, 6.07) is 12.8. The molecular weight excluding hydrogens is 474 g/mol. The SMILES string of the molecule is Cc1cc(Oc2ccccc2)ncc1N1C(=O)Nc2c(C(=O)N[C@@H]3CCC[C@@H]3C)sc3nccc1c23. The number of ether oxygens (including phenoxy) is 1. The number of pyridine rings is 2. The first-order valence-electron chi connectivity index (χ1n) is 12.0. The van der Waals surface area contributed by atoms with Gasteiger partial charge in [-0.1, -0.05) is 31.5 Å². The second kappa shape index (κ2) is 8.91. The Labute approximate surface area is 212 Å². The van der Waals surface area contributed by atoms with Gasteiger partial charge in [0.05, 0.1) is 28.6 Å². The molecule has 2 atom stereocenters. The minimum Gasteiger partial charge on any atom is -0.439 e. The van der Waals surface area contributed by atoms with Gasteiger partial charge in [0.2, 0.25) is 5.88 Å². The molecule has 0 unspecified atom stereocenters. The van der Waals surface area contributed by atoms with Crippen LogP contribution in [0, 0.1) is 12.8 Å². The minimum absolute atomic E-state index is 0.156. The third-order valence-corrected chi connectivity index (χ3v) is 7.99. The number of aryl methyl sites for hydroxylation is 1. The normalized spacial score (nSPS) is 18.8. The highest BCUT2D eigenvalue weighted by Crippen LogP contribution is 2.46. The van der Waals surface area contributed by atoms with E-state index in [-0.39, 0.29) is 18.0 Å². The Balaban J connectivity index is 1.35. The molecule has 0 bridgehead atoms. The fraction of sp³-hybridized carbons (Fsp3) is 0.259. The molecule has 4 aromatic rings. The van der Waals surface area contributed by atoms with Crippen molar-refractivity contribution in [3.05, 3.63) is 65.3 Å². The average molecular weight is 500 g/mol. The number of nitrogens with one attached hydrogen (secondary N) is 2. The lowest BCUT2D eigenvalue weighted by molar-refractivity contribution is 0.0934. The van der Waals surface area contributed by atoms with Gasteiger partial charge in [0.1, 0.15) is 15.5 Å². The van der Waals surface area contributed by atoms with Crippen molar-refractivity contribution in [3.8, 4) is 11.6 Å². The number of aromatic nitrogens is 2. The van der Waals surface area contributed by atoms with Gasteiger partial charge in [0, 0.05) is 18.3 Å². The van der Waals surface area contributed by atoms with E-state index in [4.69, 9.17) is 4.74 Å². The summed E-state index contributed by atoms with van der Waals surface area (Å²) < 4.78 is 5.85. The lowest BCUT2D eigenvalue weighted by atomic mass is 10.1. The van der Waals surface area contributed by atoms with Crippen molar-refractivity contribution in [2.45, 2.75) is 39.2 Å². The fourth-order valence-electron chi connectivity index (χ4n) is 5.00. The van der Waals surface area contributed by atoms with Gasteiger partial charge in [-0.3, -0.25) is 9.69 Å². The Bertz CT molecular complexity index is 1490. The molecular formula is C27H25N5O3S. The summed E-state index contributed by atoms with van der Waals surface area (Å²) in [6.07, 6.45) is 6.51. The molecule has 9 heteroatoms. The minimum atomic E-state index is -0.349. The quantitative estimate of drug-likeness (QED) is 0.331. The summed E-state index contributed by atoms with van der Waals surface area (Å²) in [6.45, 7) is 4.07. The summed E-state index contributed by atoms with van der Waals surface area (Å²) >= 11 is 1.30. The van der Waals surface area contributed by atoms with Crippen LogP contribution in [0.25, 0.3) is 10.2 Å². The number of hydrogen-bond acceptors (Lipinski definition) is 6. The van der Waals surface area contributed by atoms with Gasteiger partial charge < -0.3 is 15.4 Å². The van der Waals surface area contributed by atoms with Crippen LogP contribution in [0.5, 0.6) is 11.6 Å². The number of amides is 3. The summed E-state index contributed by atoms with van der Waals surface area (Å²) in [7, 11) is 0. The predicted molar refractivity (Wildman–Crippen MR) is 141 cm³/mol. The molecule has 0 radical (unpaired) electrons. The van der Waals surface area contributed by atoms with Crippen molar-refractivity contribution in [2.24, 2.45) is 5.92 Å². The molecule has 3 aromatic heterocycles. The summed E-state index contributed by atoms with van der Waals surface area (Å²) in [5.74, 6) is 1.41. The van der Waals surface area contributed by atoms with Crippen LogP contribution >= 0.6 is 11.3 Å². The number of hydrogen-bond donors (Lipinski definition) is 2. The lowest BCUT2D eigenvalue weighted by Crippen LogP contribution is -2.38. The summed E-state index contributed by atoms with van der Waals surface area (Å²) in [4.78, 5) is 38.3. The van der Waals surface area contributed by atoms with Crippen molar-refractivity contribution >= 4 is 50.6 Å². The Morgan fingerprint density at radius 2 is 2.00 bits per heavy atom. The smallest absolute Gasteiger partial charge is 0.331 e. The van der Waals surface area contributed by atoms with Crippen molar-refractivity contribution < 1.29 is 14.3 Å². The van der Waals surface area contributed by atoms with E-state index in [1.807, 2.05) is 37.3 Å². The Morgan fingerprint density at radius 1 is 1.17 bits per heavy atom. The lowest BCUT2D eigenvalue weighted by Gasteiger charge is -2.29. The molecule has 0 saturated heterocycles. The zero-order chi connectivity index (χ0) is 24.8. The monoisotopic (exact) mass is 499 g/mol. The van der Waals surface area contributed by atoms with E-state index in [1.165, 1.54) is 11.3 Å². The zero-order valence-corrected chi connectivity index (χ0v) is 20.8. The largest absolute Gasteiger partial charge is 0.439 e. The number of urea groups is 1. The first-order chi connectivity index (χ1) is 17.5. The van der Waals surface area contributed by atoms with Crippen LogP contribution in [-0.4, -0.2) is 27.9 Å². The van der Waals surface area contributed by atoms with E-state index >= 15 is 0 Å². The van der Waals surface area contributed by atoms with Crippen molar-refractivity contribution in [1.82, 2.24) is 15.3 Å². The molecule has 3 amide bonds. The Hall–Kier alpha value is -3.98. The van der Waals surface area contributed by atoms with Gasteiger partial charge in [0.15, 0.2) is 0 Å². The molecule has 4 heterocycles. The van der Waals surface area contributed by atoms with E-state index in [0.717, 1.165) is 30.2 Å².